The normalized spacial score (nSPS) is 13.2. The maximum atomic E-state index is 3.79. The van der Waals surface area contributed by atoms with Crippen molar-refractivity contribution in [3.05, 3.63) is 197 Å². The van der Waals surface area contributed by atoms with E-state index in [1.54, 1.807) is 0 Å². The van der Waals surface area contributed by atoms with Crippen LogP contribution in [0.1, 0.15) is 22.3 Å². The van der Waals surface area contributed by atoms with Crippen molar-refractivity contribution in [2.24, 2.45) is 0 Å². The predicted octanol–water partition coefficient (Wildman–Crippen LogP) is 11.6. The van der Waals surface area contributed by atoms with Gasteiger partial charge in [-0.2, -0.15) is 0 Å². The first kappa shape index (κ1) is 26.2. The van der Waals surface area contributed by atoms with Gasteiger partial charge < -0.3 is 4.57 Å². The summed E-state index contributed by atoms with van der Waals surface area (Å²) in [5.41, 5.74) is 13.3. The molecule has 7 aromatic carbocycles. The lowest BCUT2D eigenvalue weighted by molar-refractivity contribution is 0.768. The molecule has 1 heterocycles. The van der Waals surface area contributed by atoms with E-state index in [0.717, 1.165) is 10.2 Å². The summed E-state index contributed by atoms with van der Waals surface area (Å²) in [5.74, 6) is 0. The molecule has 45 heavy (non-hydrogen) atoms. The van der Waals surface area contributed by atoms with Gasteiger partial charge in [-0.25, -0.2) is 0 Å². The Bertz CT molecular complexity index is 2340. The van der Waals surface area contributed by atoms with Crippen LogP contribution in [0.15, 0.2) is 174 Å². The van der Waals surface area contributed by atoms with Crippen molar-refractivity contribution < 1.29 is 0 Å². The molecule has 0 saturated heterocycles. The Kier molecular flexibility index (Phi) is 5.94. The number of rotatable bonds is 4. The predicted molar refractivity (Wildman–Crippen MR) is 191 cm³/mol. The van der Waals surface area contributed by atoms with Crippen LogP contribution >= 0.6 is 15.9 Å². The number of nitrogens with zero attached hydrogens (tertiary/aromatic N) is 1. The third-order valence-corrected chi connectivity index (χ3v) is 10.3. The second-order valence-corrected chi connectivity index (χ2v) is 12.7. The molecule has 8 aromatic rings. The molecule has 0 spiro atoms. The molecular formula is C43H28BrN. The average molecular weight is 639 g/mol. The Balaban J connectivity index is 1.34. The minimum absolute atomic E-state index is 0.402. The average Bonchev–Trinajstić information content (AvgIpc) is 3.59. The lowest BCUT2D eigenvalue weighted by Crippen LogP contribution is -2.28. The number of benzene rings is 7. The van der Waals surface area contributed by atoms with Gasteiger partial charge in [0.15, 0.2) is 0 Å². The van der Waals surface area contributed by atoms with Gasteiger partial charge in [-0.1, -0.05) is 155 Å². The van der Waals surface area contributed by atoms with Gasteiger partial charge in [0, 0.05) is 20.9 Å². The standard InChI is InChI=1S/C43H28BrN/c44-40-21-11-8-17-33(40)29-23-25-36-35-19-9-12-22-41(35)45(42(36)27-29)32-24-26-39-37(28-32)34-18-7-10-20-38(34)43(39,30-13-3-1-4-14-30)31-15-5-2-6-16-31/h1-28H. The van der Waals surface area contributed by atoms with Gasteiger partial charge in [-0.15, -0.1) is 0 Å². The highest BCUT2D eigenvalue weighted by Crippen LogP contribution is 2.56. The molecule has 0 aliphatic heterocycles. The van der Waals surface area contributed by atoms with Crippen LogP contribution in [0.3, 0.4) is 0 Å². The summed E-state index contributed by atoms with van der Waals surface area (Å²) in [6.07, 6.45) is 0. The van der Waals surface area contributed by atoms with Crippen molar-refractivity contribution in [3.63, 3.8) is 0 Å². The van der Waals surface area contributed by atoms with E-state index >= 15 is 0 Å². The molecule has 0 amide bonds. The number of aromatic nitrogens is 1. The Morgan fingerprint density at radius 1 is 0.422 bits per heavy atom. The molecular weight excluding hydrogens is 610 g/mol. The maximum absolute atomic E-state index is 3.79. The second-order valence-electron chi connectivity index (χ2n) is 11.8. The molecule has 0 radical (unpaired) electrons. The number of hydrogen-bond donors (Lipinski definition) is 0. The first-order valence-electron chi connectivity index (χ1n) is 15.4. The summed E-state index contributed by atoms with van der Waals surface area (Å²) < 4.78 is 3.54. The SMILES string of the molecule is Brc1ccccc1-c1ccc2c3ccccc3n(-c3ccc4c(c3)-c3ccccc3C4(c3ccccc3)c3ccccc3)c2c1. The molecule has 0 bridgehead atoms. The van der Waals surface area contributed by atoms with E-state index in [1.807, 2.05) is 0 Å². The van der Waals surface area contributed by atoms with Crippen LogP contribution in [0.5, 0.6) is 0 Å². The minimum atomic E-state index is -0.402. The third-order valence-electron chi connectivity index (χ3n) is 9.56. The first-order chi connectivity index (χ1) is 22.2. The fourth-order valence-corrected chi connectivity index (χ4v) is 8.20. The van der Waals surface area contributed by atoms with Gasteiger partial charge >= 0.3 is 0 Å². The minimum Gasteiger partial charge on any atom is -0.309 e. The molecule has 0 unspecified atom stereocenters. The van der Waals surface area contributed by atoms with Crippen molar-refractivity contribution in [2.75, 3.05) is 0 Å². The number of fused-ring (bicyclic) bond motifs is 6. The Morgan fingerprint density at radius 3 is 1.78 bits per heavy atom. The van der Waals surface area contributed by atoms with E-state index in [2.05, 4.69) is 190 Å². The van der Waals surface area contributed by atoms with Crippen LogP contribution in [-0.2, 0) is 5.41 Å². The van der Waals surface area contributed by atoms with E-state index < -0.39 is 5.41 Å². The summed E-state index contributed by atoms with van der Waals surface area (Å²) in [6, 6.07) is 62.2. The highest BCUT2D eigenvalue weighted by molar-refractivity contribution is 9.10. The van der Waals surface area contributed by atoms with Crippen LogP contribution < -0.4 is 0 Å². The van der Waals surface area contributed by atoms with E-state index in [1.165, 1.54) is 66.3 Å². The van der Waals surface area contributed by atoms with E-state index in [9.17, 15) is 0 Å². The second kappa shape index (κ2) is 10.2. The Hall–Kier alpha value is -5.18. The van der Waals surface area contributed by atoms with Gasteiger partial charge in [-0.3, -0.25) is 0 Å². The fourth-order valence-electron chi connectivity index (χ4n) is 7.69. The zero-order chi connectivity index (χ0) is 30.0. The highest BCUT2D eigenvalue weighted by Gasteiger charge is 2.46. The summed E-state index contributed by atoms with van der Waals surface area (Å²) in [5, 5.41) is 2.51. The Morgan fingerprint density at radius 2 is 1.02 bits per heavy atom. The maximum Gasteiger partial charge on any atom is 0.0713 e. The number of halogens is 1. The lowest BCUT2D eigenvalue weighted by Gasteiger charge is -2.33. The smallest absolute Gasteiger partial charge is 0.0713 e. The molecule has 0 fully saturated rings. The third kappa shape index (κ3) is 3.79. The zero-order valence-electron chi connectivity index (χ0n) is 24.5. The van der Waals surface area contributed by atoms with Crippen molar-refractivity contribution >= 4 is 37.7 Å². The van der Waals surface area contributed by atoms with Crippen molar-refractivity contribution in [2.45, 2.75) is 5.41 Å². The largest absolute Gasteiger partial charge is 0.309 e. The fraction of sp³-hybridized carbons (Fsp3) is 0.0233. The summed E-state index contributed by atoms with van der Waals surface area (Å²) in [4.78, 5) is 0. The summed E-state index contributed by atoms with van der Waals surface area (Å²) in [6.45, 7) is 0. The van der Waals surface area contributed by atoms with Gasteiger partial charge in [0.1, 0.15) is 0 Å². The molecule has 212 valence electrons. The van der Waals surface area contributed by atoms with Crippen molar-refractivity contribution in [1.82, 2.24) is 4.57 Å². The monoisotopic (exact) mass is 637 g/mol. The summed E-state index contributed by atoms with van der Waals surface area (Å²) in [7, 11) is 0. The first-order valence-corrected chi connectivity index (χ1v) is 16.2. The molecule has 1 aliphatic carbocycles. The van der Waals surface area contributed by atoms with Gasteiger partial charge in [-0.05, 0) is 74.8 Å². The van der Waals surface area contributed by atoms with Crippen LogP contribution in [0, 0.1) is 0 Å². The molecule has 1 aromatic heterocycles. The van der Waals surface area contributed by atoms with Gasteiger partial charge in [0.05, 0.1) is 16.4 Å². The van der Waals surface area contributed by atoms with Crippen LogP contribution in [-0.4, -0.2) is 4.57 Å². The molecule has 1 aliphatic rings. The lowest BCUT2D eigenvalue weighted by atomic mass is 9.68. The van der Waals surface area contributed by atoms with E-state index in [0.29, 0.717) is 0 Å². The molecule has 0 atom stereocenters. The van der Waals surface area contributed by atoms with Crippen LogP contribution in [0.25, 0.3) is 49.7 Å². The van der Waals surface area contributed by atoms with Gasteiger partial charge in [0.25, 0.3) is 0 Å². The van der Waals surface area contributed by atoms with Gasteiger partial charge in [0.2, 0.25) is 0 Å². The van der Waals surface area contributed by atoms with Crippen LogP contribution in [0.4, 0.5) is 0 Å². The molecule has 2 heteroatoms. The zero-order valence-corrected chi connectivity index (χ0v) is 26.1. The Labute approximate surface area is 271 Å². The quantitative estimate of drug-likeness (QED) is 0.181. The molecule has 0 saturated carbocycles. The van der Waals surface area contributed by atoms with Crippen LogP contribution in [0.2, 0.25) is 0 Å². The number of hydrogen-bond acceptors (Lipinski definition) is 0. The molecule has 0 N–H and O–H groups in total. The number of para-hydroxylation sites is 1. The topological polar surface area (TPSA) is 4.93 Å². The molecule has 1 nitrogen and oxygen atoms in total. The summed E-state index contributed by atoms with van der Waals surface area (Å²) >= 11 is 3.79. The highest BCUT2D eigenvalue weighted by atomic mass is 79.9. The van der Waals surface area contributed by atoms with Crippen molar-refractivity contribution in [3.8, 4) is 27.9 Å². The van der Waals surface area contributed by atoms with E-state index in [-0.39, 0.29) is 0 Å². The molecule has 9 rings (SSSR count). The van der Waals surface area contributed by atoms with Crippen molar-refractivity contribution in [1.29, 1.82) is 0 Å². The van der Waals surface area contributed by atoms with E-state index in [4.69, 9.17) is 0 Å².